The Morgan fingerprint density at radius 1 is 1.21 bits per heavy atom. The average Bonchev–Trinajstić information content (AvgIpc) is 3.27. The van der Waals surface area contributed by atoms with Crippen molar-refractivity contribution >= 4 is 17.4 Å². The molecule has 6 heteroatoms. The second-order valence-corrected chi connectivity index (χ2v) is 9.34. The molecule has 28 heavy (non-hydrogen) atoms. The quantitative estimate of drug-likeness (QED) is 0.799. The van der Waals surface area contributed by atoms with Crippen LogP contribution in [-0.4, -0.2) is 58.4 Å². The first-order valence-corrected chi connectivity index (χ1v) is 10.7. The van der Waals surface area contributed by atoms with E-state index in [-0.39, 0.29) is 12.1 Å². The summed E-state index contributed by atoms with van der Waals surface area (Å²) in [4.78, 5) is 17.6. The van der Waals surface area contributed by atoms with Gasteiger partial charge in [-0.3, -0.25) is 4.90 Å². The lowest BCUT2D eigenvalue weighted by Crippen LogP contribution is -2.44. The maximum absolute atomic E-state index is 12.4. The lowest BCUT2D eigenvalue weighted by atomic mass is 10.1. The molecule has 0 spiro atoms. The van der Waals surface area contributed by atoms with E-state index in [4.69, 9.17) is 4.74 Å². The molecule has 2 aromatic rings. The first-order chi connectivity index (χ1) is 13.3. The van der Waals surface area contributed by atoms with Gasteiger partial charge in [0.15, 0.2) is 0 Å². The Kier molecular flexibility index (Phi) is 6.75. The number of likely N-dealkylation sites (tertiary alicyclic amines) is 1. The van der Waals surface area contributed by atoms with Crippen molar-refractivity contribution in [2.45, 2.75) is 51.5 Å². The molecule has 0 aliphatic carbocycles. The Morgan fingerprint density at radius 3 is 2.61 bits per heavy atom. The number of benzene rings is 1. The van der Waals surface area contributed by atoms with Crippen LogP contribution in [0, 0.1) is 0 Å². The molecular formula is C22H30N2O3S. The zero-order chi connectivity index (χ0) is 20.1. The molecule has 1 aromatic carbocycles. The highest BCUT2D eigenvalue weighted by Crippen LogP contribution is 2.23. The molecule has 2 heterocycles. The smallest absolute Gasteiger partial charge is 0.410 e. The largest absolute Gasteiger partial charge is 0.444 e. The molecular weight excluding hydrogens is 372 g/mol. The summed E-state index contributed by atoms with van der Waals surface area (Å²) < 4.78 is 5.49. The zero-order valence-electron chi connectivity index (χ0n) is 16.9. The number of hydrogen-bond donors (Lipinski definition) is 1. The van der Waals surface area contributed by atoms with Crippen LogP contribution in [0.1, 0.15) is 31.2 Å². The van der Waals surface area contributed by atoms with E-state index in [0.29, 0.717) is 13.1 Å². The average molecular weight is 403 g/mol. The molecule has 0 unspecified atom stereocenters. The molecule has 1 aromatic heterocycles. The van der Waals surface area contributed by atoms with Gasteiger partial charge in [0, 0.05) is 24.5 Å². The molecule has 1 aliphatic rings. The van der Waals surface area contributed by atoms with E-state index in [1.807, 2.05) is 45.0 Å². The second kappa shape index (κ2) is 9.07. The Morgan fingerprint density at radius 2 is 1.96 bits per heavy atom. The standard InChI is InChI=1S/C22H30N2O3S/c1-22(2,3)27-21(26)24-15-19(20(25)16-24)23(14-18-10-7-13-28-18)12-11-17-8-5-4-6-9-17/h4-10,13,19-20,25H,11-12,14-16H2,1-3H3/t19-,20-/m1/s1. The molecule has 1 aliphatic heterocycles. The number of β-amino-alcohol motifs (C(OH)–C–C–N with tert-alkyl or cyclic N) is 1. The number of nitrogens with zero attached hydrogens (tertiary/aromatic N) is 2. The SMILES string of the molecule is CC(C)(C)OC(=O)N1C[C@@H](O)[C@H](N(CCc2ccccc2)Cc2cccs2)C1. The van der Waals surface area contributed by atoms with Crippen molar-refractivity contribution in [2.24, 2.45) is 0 Å². The van der Waals surface area contributed by atoms with Crippen molar-refractivity contribution < 1.29 is 14.6 Å². The minimum atomic E-state index is -0.580. The fourth-order valence-corrected chi connectivity index (χ4v) is 4.22. The van der Waals surface area contributed by atoms with Crippen molar-refractivity contribution in [3.05, 3.63) is 58.3 Å². The van der Waals surface area contributed by atoms with Crippen molar-refractivity contribution in [1.29, 1.82) is 0 Å². The number of carbonyl (C=O) groups is 1. The summed E-state index contributed by atoms with van der Waals surface area (Å²) in [5, 5.41) is 12.8. The van der Waals surface area contributed by atoms with Crippen molar-refractivity contribution in [3.8, 4) is 0 Å². The first kappa shape index (κ1) is 20.8. The normalized spacial score (nSPS) is 20.0. The maximum Gasteiger partial charge on any atom is 0.410 e. The third kappa shape index (κ3) is 5.80. The number of ether oxygens (including phenoxy) is 1. The van der Waals surface area contributed by atoms with Gasteiger partial charge in [-0.2, -0.15) is 0 Å². The fraction of sp³-hybridized carbons (Fsp3) is 0.500. The monoisotopic (exact) mass is 402 g/mol. The number of thiophene rings is 1. The van der Waals surface area contributed by atoms with E-state index < -0.39 is 11.7 Å². The number of aliphatic hydroxyl groups is 1. The minimum Gasteiger partial charge on any atom is -0.444 e. The molecule has 2 atom stereocenters. The van der Waals surface area contributed by atoms with E-state index in [1.54, 1.807) is 16.2 Å². The lowest BCUT2D eigenvalue weighted by Gasteiger charge is -2.30. The summed E-state index contributed by atoms with van der Waals surface area (Å²) in [6, 6.07) is 14.4. The fourth-order valence-electron chi connectivity index (χ4n) is 3.49. The maximum atomic E-state index is 12.4. The predicted molar refractivity (Wildman–Crippen MR) is 112 cm³/mol. The van der Waals surface area contributed by atoms with Crippen LogP contribution < -0.4 is 0 Å². The number of aliphatic hydroxyl groups excluding tert-OH is 1. The van der Waals surface area contributed by atoms with Crippen LogP contribution in [0.3, 0.4) is 0 Å². The first-order valence-electron chi connectivity index (χ1n) is 9.78. The summed E-state index contributed by atoms with van der Waals surface area (Å²) in [5.41, 5.74) is 0.736. The molecule has 0 saturated carbocycles. The van der Waals surface area contributed by atoms with Crippen molar-refractivity contribution in [1.82, 2.24) is 9.80 Å². The van der Waals surface area contributed by atoms with Gasteiger partial charge in [0.1, 0.15) is 5.60 Å². The zero-order valence-corrected chi connectivity index (χ0v) is 17.7. The Hall–Kier alpha value is -1.89. The Bertz CT molecular complexity index is 743. The van der Waals surface area contributed by atoms with E-state index in [9.17, 15) is 9.90 Å². The molecule has 1 fully saturated rings. The Balaban J connectivity index is 1.68. The summed E-state index contributed by atoms with van der Waals surface area (Å²) in [6.07, 6.45) is -0.0292. The van der Waals surface area contributed by atoms with Crippen molar-refractivity contribution in [3.63, 3.8) is 0 Å². The third-order valence-corrected chi connectivity index (χ3v) is 5.71. The summed E-state index contributed by atoms with van der Waals surface area (Å²) in [6.45, 7) is 7.97. The van der Waals surface area contributed by atoms with Crippen LogP contribution >= 0.6 is 11.3 Å². The van der Waals surface area contributed by atoms with Gasteiger partial charge in [-0.15, -0.1) is 11.3 Å². The minimum absolute atomic E-state index is 0.0988. The van der Waals surface area contributed by atoms with Crippen LogP contribution in [0.25, 0.3) is 0 Å². The predicted octanol–water partition coefficient (Wildman–Crippen LogP) is 3.77. The van der Waals surface area contributed by atoms with Gasteiger partial charge in [0.2, 0.25) is 0 Å². The van der Waals surface area contributed by atoms with E-state index in [2.05, 4.69) is 28.5 Å². The highest BCUT2D eigenvalue weighted by molar-refractivity contribution is 7.09. The van der Waals surface area contributed by atoms with Gasteiger partial charge >= 0.3 is 6.09 Å². The van der Waals surface area contributed by atoms with Crippen LogP contribution in [-0.2, 0) is 17.7 Å². The van der Waals surface area contributed by atoms with Crippen molar-refractivity contribution in [2.75, 3.05) is 19.6 Å². The number of hydrogen-bond acceptors (Lipinski definition) is 5. The molecule has 0 bridgehead atoms. The number of carbonyl (C=O) groups excluding carboxylic acids is 1. The second-order valence-electron chi connectivity index (χ2n) is 8.31. The van der Waals surface area contributed by atoms with E-state index >= 15 is 0 Å². The molecule has 1 saturated heterocycles. The van der Waals surface area contributed by atoms with Gasteiger partial charge in [0.25, 0.3) is 0 Å². The Labute approximate surface area is 171 Å². The molecule has 5 nitrogen and oxygen atoms in total. The number of amides is 1. The highest BCUT2D eigenvalue weighted by atomic mass is 32.1. The highest BCUT2D eigenvalue weighted by Gasteiger charge is 2.39. The van der Waals surface area contributed by atoms with E-state index in [1.165, 1.54) is 10.4 Å². The van der Waals surface area contributed by atoms with Gasteiger partial charge < -0.3 is 14.7 Å². The van der Waals surface area contributed by atoms with Gasteiger partial charge in [-0.25, -0.2) is 4.79 Å². The summed E-state index contributed by atoms with van der Waals surface area (Å²) in [5.74, 6) is 0. The molecule has 1 N–H and O–H groups in total. The summed E-state index contributed by atoms with van der Waals surface area (Å²) in [7, 11) is 0. The van der Waals surface area contributed by atoms with Crippen LogP contribution in [0.4, 0.5) is 4.79 Å². The van der Waals surface area contributed by atoms with E-state index in [0.717, 1.165) is 19.5 Å². The van der Waals surface area contributed by atoms with Crippen LogP contribution in [0.15, 0.2) is 47.8 Å². The van der Waals surface area contributed by atoms with Gasteiger partial charge in [0.05, 0.1) is 18.7 Å². The summed E-state index contributed by atoms with van der Waals surface area (Å²) >= 11 is 1.72. The molecule has 1 amide bonds. The lowest BCUT2D eigenvalue weighted by molar-refractivity contribution is 0.0269. The third-order valence-electron chi connectivity index (χ3n) is 4.85. The van der Waals surface area contributed by atoms with Crippen LogP contribution in [0.2, 0.25) is 0 Å². The van der Waals surface area contributed by atoms with Crippen LogP contribution in [0.5, 0.6) is 0 Å². The number of rotatable bonds is 6. The molecule has 3 rings (SSSR count). The molecule has 152 valence electrons. The van der Waals surface area contributed by atoms with Gasteiger partial charge in [-0.1, -0.05) is 36.4 Å². The van der Waals surface area contributed by atoms with Gasteiger partial charge in [-0.05, 0) is 44.2 Å². The topological polar surface area (TPSA) is 53.0 Å². The molecule has 0 radical (unpaired) electrons.